The van der Waals surface area contributed by atoms with Crippen molar-refractivity contribution >= 4 is 11.8 Å². The first-order chi connectivity index (χ1) is 8.20. The van der Waals surface area contributed by atoms with E-state index in [9.17, 15) is 0 Å². The van der Waals surface area contributed by atoms with Crippen LogP contribution in [0.2, 0.25) is 0 Å². The molecule has 1 aliphatic rings. The zero-order chi connectivity index (χ0) is 12.3. The van der Waals surface area contributed by atoms with Gasteiger partial charge in [0.05, 0.1) is 6.04 Å². The van der Waals surface area contributed by atoms with Crippen molar-refractivity contribution in [3.05, 3.63) is 30.1 Å². The van der Waals surface area contributed by atoms with Crippen LogP contribution in [-0.2, 0) is 0 Å². The van der Waals surface area contributed by atoms with Gasteiger partial charge in [0.2, 0.25) is 0 Å². The lowest BCUT2D eigenvalue weighted by atomic mass is 9.99. The Morgan fingerprint density at radius 2 is 2.41 bits per heavy atom. The maximum Gasteiger partial charge on any atom is 0.0515 e. The number of aromatic nitrogens is 1. The maximum atomic E-state index is 6.19. The molecule has 0 saturated carbocycles. The molecule has 0 bridgehead atoms. The quantitative estimate of drug-likeness (QED) is 0.891. The van der Waals surface area contributed by atoms with Gasteiger partial charge in [0, 0.05) is 42.5 Å². The third kappa shape index (κ3) is 3.00. The molecule has 17 heavy (non-hydrogen) atoms. The summed E-state index contributed by atoms with van der Waals surface area (Å²) >= 11 is 2.03. The van der Waals surface area contributed by atoms with E-state index in [2.05, 4.69) is 29.8 Å². The molecule has 3 nitrogen and oxygen atoms in total. The van der Waals surface area contributed by atoms with Gasteiger partial charge in [0.25, 0.3) is 0 Å². The van der Waals surface area contributed by atoms with Crippen molar-refractivity contribution in [3.8, 4) is 0 Å². The number of nitrogens with two attached hydrogens (primary N) is 1. The maximum absolute atomic E-state index is 6.19. The lowest BCUT2D eigenvalue weighted by molar-refractivity contribution is 0.143. The summed E-state index contributed by atoms with van der Waals surface area (Å²) in [4.78, 5) is 6.75. The Balaban J connectivity index is 2.22. The topological polar surface area (TPSA) is 42.1 Å². The zero-order valence-electron chi connectivity index (χ0n) is 10.5. The van der Waals surface area contributed by atoms with Crippen molar-refractivity contribution in [2.45, 2.75) is 32.0 Å². The van der Waals surface area contributed by atoms with E-state index in [1.165, 1.54) is 17.1 Å². The fourth-order valence-corrected chi connectivity index (χ4v) is 3.54. The van der Waals surface area contributed by atoms with Gasteiger partial charge in [-0.3, -0.25) is 9.88 Å². The Morgan fingerprint density at radius 1 is 1.59 bits per heavy atom. The number of thioether (sulfide) groups is 1. The monoisotopic (exact) mass is 251 g/mol. The van der Waals surface area contributed by atoms with E-state index in [4.69, 9.17) is 5.73 Å². The Labute approximate surface area is 108 Å². The van der Waals surface area contributed by atoms with Crippen molar-refractivity contribution in [2.24, 2.45) is 5.73 Å². The first-order valence-electron chi connectivity index (χ1n) is 6.19. The van der Waals surface area contributed by atoms with Crippen LogP contribution in [-0.4, -0.2) is 40.0 Å². The van der Waals surface area contributed by atoms with Gasteiger partial charge in [-0.05, 0) is 25.5 Å². The van der Waals surface area contributed by atoms with E-state index >= 15 is 0 Å². The van der Waals surface area contributed by atoms with Crippen LogP contribution >= 0.6 is 11.8 Å². The molecule has 1 aromatic rings. The third-order valence-electron chi connectivity index (χ3n) is 3.30. The van der Waals surface area contributed by atoms with E-state index in [1.54, 1.807) is 0 Å². The third-order valence-corrected chi connectivity index (χ3v) is 4.49. The van der Waals surface area contributed by atoms with Crippen LogP contribution in [0.25, 0.3) is 0 Å². The van der Waals surface area contributed by atoms with Crippen molar-refractivity contribution in [1.82, 2.24) is 9.88 Å². The van der Waals surface area contributed by atoms with E-state index < -0.39 is 0 Å². The molecule has 2 N–H and O–H groups in total. The second-order valence-electron chi connectivity index (χ2n) is 4.75. The summed E-state index contributed by atoms with van der Waals surface area (Å²) in [6.07, 6.45) is 3.76. The van der Waals surface area contributed by atoms with Crippen LogP contribution in [0.15, 0.2) is 24.5 Å². The average Bonchev–Trinajstić information content (AvgIpc) is 2.33. The van der Waals surface area contributed by atoms with Crippen molar-refractivity contribution in [3.63, 3.8) is 0 Å². The standard InChI is InChI=1S/C13H21N3S/c1-10-9-17-7-6-16(10)13(11(2)14)12-4-3-5-15-8-12/h3-5,8,10-11,13H,6-7,9,14H2,1-2H3. The Hall–Kier alpha value is -0.580. The lowest BCUT2D eigenvalue weighted by Crippen LogP contribution is -2.48. The molecule has 0 spiro atoms. The van der Waals surface area contributed by atoms with Gasteiger partial charge in [-0.1, -0.05) is 6.07 Å². The molecule has 2 heterocycles. The average molecular weight is 251 g/mol. The normalized spacial score (nSPS) is 25.5. The summed E-state index contributed by atoms with van der Waals surface area (Å²) in [6.45, 7) is 5.50. The molecule has 4 heteroatoms. The summed E-state index contributed by atoms with van der Waals surface area (Å²) < 4.78 is 0. The van der Waals surface area contributed by atoms with Gasteiger partial charge in [0.15, 0.2) is 0 Å². The summed E-state index contributed by atoms with van der Waals surface area (Å²) in [7, 11) is 0. The minimum absolute atomic E-state index is 0.129. The summed E-state index contributed by atoms with van der Waals surface area (Å²) in [5.41, 5.74) is 7.42. The highest BCUT2D eigenvalue weighted by molar-refractivity contribution is 7.99. The molecule has 94 valence electrons. The molecule has 1 aliphatic heterocycles. The SMILES string of the molecule is CC(N)C(c1cccnc1)N1CCSCC1C. The largest absolute Gasteiger partial charge is 0.326 e. The fraction of sp³-hybridized carbons (Fsp3) is 0.615. The Morgan fingerprint density at radius 3 is 3.00 bits per heavy atom. The van der Waals surface area contributed by atoms with E-state index in [0.717, 1.165) is 6.54 Å². The van der Waals surface area contributed by atoms with Gasteiger partial charge in [-0.25, -0.2) is 0 Å². The van der Waals surface area contributed by atoms with Crippen molar-refractivity contribution < 1.29 is 0 Å². The van der Waals surface area contributed by atoms with Gasteiger partial charge in [-0.2, -0.15) is 11.8 Å². The highest BCUT2D eigenvalue weighted by Crippen LogP contribution is 2.29. The number of nitrogens with zero attached hydrogens (tertiary/aromatic N) is 2. The Kier molecular flexibility index (Phi) is 4.42. The van der Waals surface area contributed by atoms with Crippen LogP contribution < -0.4 is 5.73 Å². The van der Waals surface area contributed by atoms with Gasteiger partial charge in [0.1, 0.15) is 0 Å². The van der Waals surface area contributed by atoms with E-state index in [0.29, 0.717) is 12.1 Å². The number of rotatable bonds is 3. The molecule has 0 radical (unpaired) electrons. The highest BCUT2D eigenvalue weighted by Gasteiger charge is 2.29. The predicted octanol–water partition coefficient (Wildman–Crippen LogP) is 1.91. The summed E-state index contributed by atoms with van der Waals surface area (Å²) in [5, 5.41) is 0. The van der Waals surface area contributed by atoms with Crippen LogP contribution in [0, 0.1) is 0 Å². The minimum atomic E-state index is 0.129. The fourth-order valence-electron chi connectivity index (χ4n) is 2.50. The van der Waals surface area contributed by atoms with Crippen molar-refractivity contribution in [1.29, 1.82) is 0 Å². The first kappa shape index (κ1) is 12.9. The molecule has 1 saturated heterocycles. The molecule has 0 aliphatic carbocycles. The first-order valence-corrected chi connectivity index (χ1v) is 7.34. The number of hydrogen-bond donors (Lipinski definition) is 1. The Bertz CT molecular complexity index is 342. The van der Waals surface area contributed by atoms with Gasteiger partial charge < -0.3 is 5.73 Å². The smallest absolute Gasteiger partial charge is 0.0515 e. The van der Waals surface area contributed by atoms with Crippen LogP contribution in [0.1, 0.15) is 25.5 Å². The molecular formula is C13H21N3S. The lowest BCUT2D eigenvalue weighted by Gasteiger charge is -2.41. The van der Waals surface area contributed by atoms with Crippen LogP contribution in [0.3, 0.4) is 0 Å². The molecule has 0 amide bonds. The predicted molar refractivity (Wildman–Crippen MR) is 74.1 cm³/mol. The molecule has 1 aromatic heterocycles. The zero-order valence-corrected chi connectivity index (χ0v) is 11.4. The summed E-state index contributed by atoms with van der Waals surface area (Å²) in [6, 6.07) is 5.14. The number of hydrogen-bond acceptors (Lipinski definition) is 4. The molecule has 3 atom stereocenters. The van der Waals surface area contributed by atoms with Crippen molar-refractivity contribution in [2.75, 3.05) is 18.1 Å². The second-order valence-corrected chi connectivity index (χ2v) is 5.90. The summed E-state index contributed by atoms with van der Waals surface area (Å²) in [5.74, 6) is 2.40. The van der Waals surface area contributed by atoms with Gasteiger partial charge >= 0.3 is 0 Å². The molecule has 1 fully saturated rings. The highest BCUT2D eigenvalue weighted by atomic mass is 32.2. The molecular weight excluding hydrogens is 230 g/mol. The second kappa shape index (κ2) is 5.85. The number of pyridine rings is 1. The van der Waals surface area contributed by atoms with Crippen LogP contribution in [0.5, 0.6) is 0 Å². The van der Waals surface area contributed by atoms with E-state index in [-0.39, 0.29) is 6.04 Å². The molecule has 0 aromatic carbocycles. The van der Waals surface area contributed by atoms with E-state index in [1.807, 2.05) is 30.2 Å². The van der Waals surface area contributed by atoms with Crippen LogP contribution in [0.4, 0.5) is 0 Å². The minimum Gasteiger partial charge on any atom is -0.326 e. The van der Waals surface area contributed by atoms with Gasteiger partial charge in [-0.15, -0.1) is 0 Å². The molecule has 3 unspecified atom stereocenters. The molecule has 2 rings (SSSR count).